The zero-order valence-electron chi connectivity index (χ0n) is 9.33. The summed E-state index contributed by atoms with van der Waals surface area (Å²) in [5, 5.41) is 16.6. The molecule has 1 aromatic heterocycles. The first-order valence-electron chi connectivity index (χ1n) is 5.42. The predicted octanol–water partition coefficient (Wildman–Crippen LogP) is 0.112. The van der Waals surface area contributed by atoms with Crippen molar-refractivity contribution in [2.75, 3.05) is 13.1 Å². The number of nitrogens with zero attached hydrogens (tertiary/aromatic N) is 4. The molecule has 6 nitrogen and oxygen atoms in total. The summed E-state index contributed by atoms with van der Waals surface area (Å²) in [5.74, 6) is 0.692. The first-order valence-corrected chi connectivity index (χ1v) is 5.42. The lowest BCUT2D eigenvalue weighted by Gasteiger charge is -2.18. The minimum atomic E-state index is -0.789. The van der Waals surface area contributed by atoms with Gasteiger partial charge in [-0.15, -0.1) is 10.2 Å². The fourth-order valence-electron chi connectivity index (χ4n) is 1.69. The van der Waals surface area contributed by atoms with E-state index in [4.69, 9.17) is 5.11 Å². The number of hydrogen-bond acceptors (Lipinski definition) is 4. The summed E-state index contributed by atoms with van der Waals surface area (Å²) < 4.78 is 1.82. The first-order chi connectivity index (χ1) is 7.65. The molecule has 0 spiro atoms. The van der Waals surface area contributed by atoms with Gasteiger partial charge >= 0.3 is 5.97 Å². The molecule has 2 rings (SSSR count). The Balaban J connectivity index is 1.94. The van der Waals surface area contributed by atoms with E-state index in [0.717, 1.165) is 12.4 Å². The van der Waals surface area contributed by atoms with E-state index in [1.165, 1.54) is 12.8 Å². The molecule has 16 heavy (non-hydrogen) atoms. The molecule has 88 valence electrons. The summed E-state index contributed by atoms with van der Waals surface area (Å²) in [6.45, 7) is 1.47. The molecule has 1 heterocycles. The van der Waals surface area contributed by atoms with Gasteiger partial charge < -0.3 is 9.67 Å². The molecule has 0 saturated heterocycles. The van der Waals surface area contributed by atoms with Crippen LogP contribution in [0.25, 0.3) is 0 Å². The fourth-order valence-corrected chi connectivity index (χ4v) is 1.69. The van der Waals surface area contributed by atoms with E-state index in [-0.39, 0.29) is 6.54 Å². The number of hydrogen-bond donors (Lipinski definition) is 1. The highest BCUT2D eigenvalue weighted by Crippen LogP contribution is 2.29. The number of aliphatic carboxylic acids is 1. The molecule has 1 N–H and O–H groups in total. The molecule has 0 radical (unpaired) electrons. The second-order valence-corrected chi connectivity index (χ2v) is 4.36. The van der Waals surface area contributed by atoms with Crippen LogP contribution in [0.2, 0.25) is 0 Å². The lowest BCUT2D eigenvalue weighted by Crippen LogP contribution is -2.32. The van der Waals surface area contributed by atoms with Crippen molar-refractivity contribution >= 4 is 5.97 Å². The highest BCUT2D eigenvalue weighted by atomic mass is 16.4. The largest absolute Gasteiger partial charge is 0.480 e. The van der Waals surface area contributed by atoms with Gasteiger partial charge in [-0.05, 0) is 18.8 Å². The third kappa shape index (κ3) is 3.03. The highest BCUT2D eigenvalue weighted by molar-refractivity contribution is 5.69. The number of aromatic nitrogens is 3. The summed E-state index contributed by atoms with van der Waals surface area (Å²) in [6.07, 6.45) is 4.06. The standard InChI is InChI=1S/C10H16N4O2/c1-13-7-11-12-9(13)5-14(6-10(15)16)4-8-2-3-8/h7-8H,2-6H2,1H3,(H,15,16). The molecular weight excluding hydrogens is 208 g/mol. The summed E-state index contributed by atoms with van der Waals surface area (Å²) >= 11 is 0. The van der Waals surface area contributed by atoms with Gasteiger partial charge in [-0.3, -0.25) is 9.69 Å². The molecule has 1 aliphatic rings. The third-order valence-corrected chi connectivity index (χ3v) is 2.74. The molecule has 6 heteroatoms. The number of carboxylic acids is 1. The number of rotatable bonds is 6. The van der Waals surface area contributed by atoms with Crippen LogP contribution in [0, 0.1) is 5.92 Å². The van der Waals surface area contributed by atoms with Crippen LogP contribution >= 0.6 is 0 Å². The summed E-state index contributed by atoms with van der Waals surface area (Å²) in [7, 11) is 1.87. The Bertz CT molecular complexity index is 373. The average molecular weight is 224 g/mol. The van der Waals surface area contributed by atoms with Crippen LogP contribution in [-0.4, -0.2) is 43.8 Å². The lowest BCUT2D eigenvalue weighted by atomic mass is 10.3. The van der Waals surface area contributed by atoms with Gasteiger partial charge in [0.2, 0.25) is 0 Å². The van der Waals surface area contributed by atoms with E-state index in [1.807, 2.05) is 16.5 Å². The van der Waals surface area contributed by atoms with Crippen molar-refractivity contribution in [2.45, 2.75) is 19.4 Å². The van der Waals surface area contributed by atoms with Crippen molar-refractivity contribution in [3.05, 3.63) is 12.2 Å². The van der Waals surface area contributed by atoms with E-state index < -0.39 is 5.97 Å². The number of aryl methyl sites for hydroxylation is 1. The van der Waals surface area contributed by atoms with Crippen LogP contribution in [0.1, 0.15) is 18.7 Å². The maximum absolute atomic E-state index is 10.7. The Morgan fingerprint density at radius 3 is 2.94 bits per heavy atom. The summed E-state index contributed by atoms with van der Waals surface area (Å²) in [6, 6.07) is 0. The topological polar surface area (TPSA) is 71.2 Å². The third-order valence-electron chi connectivity index (χ3n) is 2.74. The molecule has 0 unspecified atom stereocenters. The molecule has 0 amide bonds. The Morgan fingerprint density at radius 2 is 2.44 bits per heavy atom. The van der Waals surface area contributed by atoms with Crippen molar-refractivity contribution in [1.82, 2.24) is 19.7 Å². The van der Waals surface area contributed by atoms with Crippen molar-refractivity contribution in [3.63, 3.8) is 0 Å². The molecule has 0 aliphatic heterocycles. The van der Waals surface area contributed by atoms with Gasteiger partial charge in [0.1, 0.15) is 12.2 Å². The molecular formula is C10H16N4O2. The molecule has 0 atom stereocenters. The highest BCUT2D eigenvalue weighted by Gasteiger charge is 2.25. The zero-order chi connectivity index (χ0) is 11.5. The first kappa shape index (κ1) is 11.1. The van der Waals surface area contributed by atoms with E-state index >= 15 is 0 Å². The average Bonchev–Trinajstić information content (AvgIpc) is 2.91. The van der Waals surface area contributed by atoms with Crippen molar-refractivity contribution < 1.29 is 9.90 Å². The quantitative estimate of drug-likeness (QED) is 0.742. The van der Waals surface area contributed by atoms with Gasteiger partial charge in [0.25, 0.3) is 0 Å². The fraction of sp³-hybridized carbons (Fsp3) is 0.700. The molecule has 1 aromatic rings. The normalized spacial score (nSPS) is 15.6. The monoisotopic (exact) mass is 224 g/mol. The van der Waals surface area contributed by atoms with Gasteiger partial charge in [0.15, 0.2) is 0 Å². The number of carbonyl (C=O) groups is 1. The van der Waals surface area contributed by atoms with Crippen LogP contribution in [-0.2, 0) is 18.4 Å². The Hall–Kier alpha value is -1.43. The SMILES string of the molecule is Cn1cnnc1CN(CC(=O)O)CC1CC1. The molecule has 1 aliphatic carbocycles. The smallest absolute Gasteiger partial charge is 0.317 e. The van der Waals surface area contributed by atoms with E-state index in [9.17, 15) is 4.79 Å². The van der Waals surface area contributed by atoms with E-state index in [0.29, 0.717) is 12.5 Å². The summed E-state index contributed by atoms with van der Waals surface area (Å²) in [5.41, 5.74) is 0. The van der Waals surface area contributed by atoms with E-state index in [1.54, 1.807) is 6.33 Å². The van der Waals surface area contributed by atoms with Gasteiger partial charge in [-0.2, -0.15) is 0 Å². The zero-order valence-corrected chi connectivity index (χ0v) is 9.33. The minimum Gasteiger partial charge on any atom is -0.480 e. The molecule has 1 fully saturated rings. The summed E-state index contributed by atoms with van der Waals surface area (Å²) in [4.78, 5) is 12.7. The second-order valence-electron chi connectivity index (χ2n) is 4.36. The molecule has 0 aromatic carbocycles. The van der Waals surface area contributed by atoms with Crippen LogP contribution in [0.15, 0.2) is 6.33 Å². The lowest BCUT2D eigenvalue weighted by molar-refractivity contribution is -0.138. The molecule has 0 bridgehead atoms. The Kier molecular flexibility index (Phi) is 3.19. The Labute approximate surface area is 93.9 Å². The predicted molar refractivity (Wildman–Crippen MR) is 56.6 cm³/mol. The number of carboxylic acid groups (broad SMARTS) is 1. The van der Waals surface area contributed by atoms with Crippen molar-refractivity contribution in [1.29, 1.82) is 0 Å². The second kappa shape index (κ2) is 4.61. The van der Waals surface area contributed by atoms with Crippen LogP contribution in [0.5, 0.6) is 0 Å². The van der Waals surface area contributed by atoms with Crippen LogP contribution < -0.4 is 0 Å². The van der Waals surface area contributed by atoms with Gasteiger partial charge in [-0.1, -0.05) is 0 Å². The Morgan fingerprint density at radius 1 is 1.69 bits per heavy atom. The maximum Gasteiger partial charge on any atom is 0.317 e. The van der Waals surface area contributed by atoms with Gasteiger partial charge in [0, 0.05) is 13.6 Å². The van der Waals surface area contributed by atoms with Crippen molar-refractivity contribution in [3.8, 4) is 0 Å². The van der Waals surface area contributed by atoms with Gasteiger partial charge in [0.05, 0.1) is 13.1 Å². The maximum atomic E-state index is 10.7. The van der Waals surface area contributed by atoms with Crippen LogP contribution in [0.4, 0.5) is 0 Å². The van der Waals surface area contributed by atoms with Crippen molar-refractivity contribution in [2.24, 2.45) is 13.0 Å². The minimum absolute atomic E-state index is 0.0728. The molecule has 1 saturated carbocycles. The van der Waals surface area contributed by atoms with Crippen LogP contribution in [0.3, 0.4) is 0 Å². The van der Waals surface area contributed by atoms with E-state index in [2.05, 4.69) is 10.2 Å². The van der Waals surface area contributed by atoms with Gasteiger partial charge in [-0.25, -0.2) is 0 Å².